The number of hydrogen-bond donors (Lipinski definition) is 2. The van der Waals surface area contributed by atoms with E-state index in [4.69, 9.17) is 4.98 Å². The minimum absolute atomic E-state index is 0. The van der Waals surface area contributed by atoms with Crippen LogP contribution < -0.4 is 4.90 Å². The number of carbonyl (C=O) groups excluding carboxylic acids is 1. The maximum Gasteiger partial charge on any atom is 0.189 e. The number of benzene rings is 5. The summed E-state index contributed by atoms with van der Waals surface area (Å²) < 4.78 is 7.08. The molecule has 1 atom stereocenters. The summed E-state index contributed by atoms with van der Waals surface area (Å²) in [6.07, 6.45) is 35.6. The number of allylic oxidation sites excluding steroid dienone is 1. The molecule has 7 aromatic heterocycles. The van der Waals surface area contributed by atoms with E-state index in [2.05, 4.69) is 156 Å². The van der Waals surface area contributed by atoms with Gasteiger partial charge in [0.1, 0.15) is 17.3 Å². The number of aromatic nitrogens is 14. The Hall–Kier alpha value is -8.44. The van der Waals surface area contributed by atoms with E-state index in [0.29, 0.717) is 16.5 Å². The molecule has 22 heteroatoms. The number of para-hydroxylation sites is 3. The van der Waals surface area contributed by atoms with Crippen LogP contribution in [0.2, 0.25) is 0 Å². The van der Waals surface area contributed by atoms with E-state index in [1.54, 1.807) is 68.9 Å². The Kier molecular flexibility index (Phi) is 30.3. The van der Waals surface area contributed by atoms with Crippen LogP contribution >= 0.6 is 0 Å². The van der Waals surface area contributed by atoms with Crippen molar-refractivity contribution < 1.29 is 94.8 Å². The van der Waals surface area contributed by atoms with Gasteiger partial charge in [-0.2, -0.15) is 0 Å². The van der Waals surface area contributed by atoms with Crippen molar-refractivity contribution in [2.45, 2.75) is 142 Å². The molecule has 18 nitrogen and oxygen atoms in total. The zero-order chi connectivity index (χ0) is 70.1. The van der Waals surface area contributed by atoms with Gasteiger partial charge in [0.2, 0.25) is 0 Å². The average molecular weight is 2020 g/mol. The molecule has 552 valence electrons. The van der Waals surface area contributed by atoms with Gasteiger partial charge >= 0.3 is 0 Å². The zero-order valence-electron chi connectivity index (χ0n) is 59.7. The predicted octanol–water partition coefficient (Wildman–Crippen LogP) is 16.6. The summed E-state index contributed by atoms with van der Waals surface area (Å²) in [5, 5.41) is 33.5. The van der Waals surface area contributed by atoms with Crippen LogP contribution in [0.1, 0.15) is 156 Å². The fourth-order valence-corrected chi connectivity index (χ4v) is 14.0. The maximum atomic E-state index is 11.8. The van der Waals surface area contributed by atoms with Crippen LogP contribution in [0, 0.1) is 36.7 Å². The molecule has 1 saturated heterocycles. The van der Waals surface area contributed by atoms with Gasteiger partial charge in [0.25, 0.3) is 0 Å². The smallest absolute Gasteiger partial charge is 0.189 e. The van der Waals surface area contributed by atoms with E-state index in [-0.39, 0.29) is 113 Å². The largest absolute Gasteiger partial charge is 0.507 e. The molecular formula is C83H88Ir3N15O3Rh-3. The van der Waals surface area contributed by atoms with E-state index < -0.39 is 0 Å². The number of aryl methyl sites for hydroxylation is 1. The topological polar surface area (TPSA) is 209 Å². The maximum absolute atomic E-state index is 11.8. The standard InChI is InChI=1S/C27H27N3O.C15H19N4.C15H12O2.2C13H15N4.3Ir.Rh/c1-27(16-17-29(20-27)21-10-4-2-5-11-21)18-26-28-24(23-14-8-9-15-25(23)31)19-30(26)22-12-6-3-7-13-22;1-12-17-11-19(18-12)14-9-13(5-8-16-14)10-15(2)6-3-4-7-15;16-14(12-7-3-1-4-8-12)11-15(17)13-9-5-2-6-10-13;2*1-13(7-3-4-8-13)12-15-10-17(16-12)11-6-2-5-9-14-11;;;;/h2-15,19,31H,16-18,20H2,1H3;5,8-9H,3-4,6-7,10H2,1-2H3;1-11,16H;2*2,5-6,9H,3-4,7-8H2,1H3;;;;/q;-1;;2*-1;;;;. The van der Waals surface area contributed by atoms with Gasteiger partial charge in [0, 0.05) is 183 Å². The monoisotopic (exact) mass is 2020 g/mol. The molecule has 4 radical (unpaired) electrons. The van der Waals surface area contributed by atoms with Crippen molar-refractivity contribution in [2.24, 2.45) is 10.8 Å². The molecule has 4 fully saturated rings. The predicted molar refractivity (Wildman–Crippen MR) is 394 cm³/mol. The number of pyridine rings is 3. The van der Waals surface area contributed by atoms with E-state index in [1.807, 2.05) is 116 Å². The van der Waals surface area contributed by atoms with Crippen molar-refractivity contribution in [1.82, 2.24) is 68.8 Å². The molecule has 8 heterocycles. The first-order valence-electron chi connectivity index (χ1n) is 35.2. The number of aliphatic hydroxyl groups excluding tert-OH is 1. The Morgan fingerprint density at radius 2 is 0.981 bits per heavy atom. The summed E-state index contributed by atoms with van der Waals surface area (Å²) in [5.74, 6) is 5.94. The van der Waals surface area contributed by atoms with Crippen LogP contribution in [0.15, 0.2) is 225 Å². The number of phenolic OH excluding ortho intramolecular Hbond substituents is 1. The number of rotatable bonds is 15. The molecule has 3 saturated carbocycles. The van der Waals surface area contributed by atoms with Crippen molar-refractivity contribution in [3.8, 4) is 40.1 Å². The molecular weight excluding hydrogens is 1930 g/mol. The Balaban J connectivity index is 0.000000168. The van der Waals surface area contributed by atoms with Crippen molar-refractivity contribution >= 4 is 17.2 Å². The Morgan fingerprint density at radius 1 is 0.505 bits per heavy atom. The first-order valence-corrected chi connectivity index (χ1v) is 35.2. The number of carbonyl (C=O) groups is 1. The quantitative estimate of drug-likeness (QED) is 0.0322. The average Bonchev–Trinajstić information content (AvgIpc) is 1.66. The molecule has 16 rings (SSSR count). The third-order valence-corrected chi connectivity index (χ3v) is 19.8. The Morgan fingerprint density at radius 3 is 1.50 bits per heavy atom. The Labute approximate surface area is 670 Å². The molecule has 1 unspecified atom stereocenters. The van der Waals surface area contributed by atoms with E-state index in [9.17, 15) is 15.0 Å². The van der Waals surface area contributed by atoms with Gasteiger partial charge in [-0.25, -0.2) is 20.3 Å². The fourth-order valence-electron chi connectivity index (χ4n) is 14.0. The van der Waals surface area contributed by atoms with E-state index in [1.165, 1.54) is 94.4 Å². The molecule has 1 aliphatic heterocycles. The summed E-state index contributed by atoms with van der Waals surface area (Å²) in [6.45, 7) is 13.2. The molecule has 0 amide bonds. The normalized spacial score (nSPS) is 16.4. The molecule has 105 heavy (non-hydrogen) atoms. The second-order valence-corrected chi connectivity index (χ2v) is 28.1. The van der Waals surface area contributed by atoms with Crippen LogP contribution in [0.5, 0.6) is 5.75 Å². The van der Waals surface area contributed by atoms with Gasteiger partial charge in [0.15, 0.2) is 5.78 Å². The van der Waals surface area contributed by atoms with Crippen LogP contribution in [0.25, 0.3) is 40.2 Å². The molecule has 3 aliphatic carbocycles. The summed E-state index contributed by atoms with van der Waals surface area (Å²) in [5.41, 5.74) is 7.33. The zero-order valence-corrected chi connectivity index (χ0v) is 68.6. The van der Waals surface area contributed by atoms with E-state index >= 15 is 0 Å². The number of hydrogen-bond acceptors (Lipinski definition) is 14. The first-order chi connectivity index (χ1) is 49.1. The minimum atomic E-state index is -0.202. The van der Waals surface area contributed by atoms with Crippen molar-refractivity contribution in [3.05, 3.63) is 284 Å². The molecule has 5 aromatic carbocycles. The van der Waals surface area contributed by atoms with Gasteiger partial charge in [-0.1, -0.05) is 237 Å². The number of ketones is 1. The van der Waals surface area contributed by atoms with Gasteiger partial charge in [0.05, 0.1) is 34.8 Å². The van der Waals surface area contributed by atoms with Gasteiger partial charge in [-0.05, 0) is 109 Å². The number of anilines is 1. The third-order valence-electron chi connectivity index (χ3n) is 19.8. The number of aromatic hydroxyl groups is 1. The second-order valence-electron chi connectivity index (χ2n) is 28.1. The molecule has 12 aromatic rings. The van der Waals surface area contributed by atoms with Crippen molar-refractivity contribution in [3.63, 3.8) is 0 Å². The van der Waals surface area contributed by atoms with Gasteiger partial charge in [-0.3, -0.25) is 4.79 Å². The van der Waals surface area contributed by atoms with Crippen LogP contribution in [0.3, 0.4) is 0 Å². The summed E-state index contributed by atoms with van der Waals surface area (Å²) in [4.78, 5) is 44.8. The molecule has 0 bridgehead atoms. The van der Waals surface area contributed by atoms with Gasteiger partial charge in [-0.15, -0.1) is 0 Å². The molecule has 4 aliphatic rings. The number of nitrogens with zero attached hydrogens (tertiary/aromatic N) is 15. The first kappa shape index (κ1) is 82.2. The molecule has 2 N–H and O–H groups in total. The van der Waals surface area contributed by atoms with Gasteiger partial charge < -0.3 is 63.6 Å². The van der Waals surface area contributed by atoms with Crippen LogP contribution in [0.4, 0.5) is 5.69 Å². The summed E-state index contributed by atoms with van der Waals surface area (Å²) in [7, 11) is 0. The Bertz CT molecular complexity index is 4530. The van der Waals surface area contributed by atoms with Crippen molar-refractivity contribution in [2.75, 3.05) is 18.0 Å². The summed E-state index contributed by atoms with van der Waals surface area (Å²) in [6, 6.07) is 61.9. The van der Waals surface area contributed by atoms with E-state index in [0.717, 1.165) is 90.0 Å². The SMILES string of the molecule is CC1(Cc2nc(-c3ccccc3O)cn2-c2ccccc2)CCN(c2ccccc2)C1.CC1(c2n[c-]n(-c3ccccn3)n2)CCCC1.CC1(c2n[c-]n(-c3ccccn3)n2)CCCC1.Cc1n[c-]n(-c2cc(CC3(C)CCCC3)ccn2)n1.O=C(C=C(O)c1ccccc1)c1ccccc1.[Ir].[Ir].[Ir].[Rh]. The van der Waals surface area contributed by atoms with Crippen LogP contribution in [-0.4, -0.2) is 97.9 Å². The molecule has 0 spiro atoms. The minimum Gasteiger partial charge on any atom is -0.507 e. The summed E-state index contributed by atoms with van der Waals surface area (Å²) >= 11 is 0. The third kappa shape index (κ3) is 21.9. The van der Waals surface area contributed by atoms with Crippen LogP contribution in [-0.2, 0) is 103 Å². The second kappa shape index (κ2) is 38.7. The fraction of sp³-hybridized carbons (Fsp3) is 0.313. The number of phenols is 1. The van der Waals surface area contributed by atoms with Crippen molar-refractivity contribution in [1.29, 1.82) is 0 Å². The number of aliphatic hydroxyl groups is 1. The number of imidazole rings is 1.